The van der Waals surface area contributed by atoms with Gasteiger partial charge in [-0.05, 0) is 104 Å². The zero-order valence-corrected chi connectivity index (χ0v) is 25.3. The molecule has 0 aliphatic heterocycles. The van der Waals surface area contributed by atoms with E-state index in [1.54, 1.807) is 24.5 Å². The molecule has 4 aromatic carbocycles. The van der Waals surface area contributed by atoms with Crippen molar-refractivity contribution in [3.8, 4) is 51.5 Å². The summed E-state index contributed by atoms with van der Waals surface area (Å²) >= 11 is 0. The fourth-order valence-electron chi connectivity index (χ4n) is 5.72. The molecule has 0 atom stereocenters. The highest BCUT2D eigenvalue weighted by Crippen LogP contribution is 2.37. The lowest BCUT2D eigenvalue weighted by Gasteiger charge is -2.10. The summed E-state index contributed by atoms with van der Waals surface area (Å²) in [5.74, 6) is 3.06. The maximum Gasteiger partial charge on any atom is 0.234 e. The van der Waals surface area contributed by atoms with Gasteiger partial charge in [-0.3, -0.25) is 14.5 Å². The summed E-state index contributed by atoms with van der Waals surface area (Å²) in [4.78, 5) is 18.1. The molecule has 0 amide bonds. The molecule has 0 fully saturated rings. The van der Waals surface area contributed by atoms with Crippen molar-refractivity contribution in [3.63, 3.8) is 0 Å². The van der Waals surface area contributed by atoms with Gasteiger partial charge in [0.2, 0.25) is 5.95 Å². The summed E-state index contributed by atoms with van der Waals surface area (Å²) in [6.45, 7) is -0.174. The third-order valence-corrected chi connectivity index (χ3v) is 7.87. The Hall–Kier alpha value is -6.34. The molecule has 47 heavy (non-hydrogen) atoms. The van der Waals surface area contributed by atoms with Crippen LogP contribution < -0.4 is 9.47 Å². The maximum absolute atomic E-state index is 7.77. The fraction of sp³-hybridized carbons (Fsp3) is 0.0500. The Labute approximate surface area is 276 Å². The van der Waals surface area contributed by atoms with E-state index >= 15 is 0 Å². The van der Waals surface area contributed by atoms with Crippen LogP contribution in [0.25, 0.3) is 50.3 Å². The first-order valence-electron chi connectivity index (χ1n) is 16.6. The summed E-state index contributed by atoms with van der Waals surface area (Å²) in [5.41, 5.74) is 6.26. The highest BCUT2D eigenvalue weighted by atomic mass is 16.5. The van der Waals surface area contributed by atoms with Crippen molar-refractivity contribution in [2.45, 2.75) is 13.8 Å². The smallest absolute Gasteiger partial charge is 0.234 e. The first-order valence-corrected chi connectivity index (χ1v) is 15.1. The van der Waals surface area contributed by atoms with E-state index in [1.165, 1.54) is 12.3 Å². The zero-order valence-electron chi connectivity index (χ0n) is 28.3. The lowest BCUT2D eigenvalue weighted by molar-refractivity contribution is 0.483. The van der Waals surface area contributed by atoms with E-state index in [2.05, 4.69) is 26.0 Å². The average molecular weight is 615 g/mol. The van der Waals surface area contributed by atoms with Crippen molar-refractivity contribution < 1.29 is 13.6 Å². The Bertz CT molecular complexity index is 2510. The van der Waals surface area contributed by atoms with Crippen molar-refractivity contribution >= 4 is 21.8 Å². The summed E-state index contributed by atoms with van der Waals surface area (Å²) in [6, 6.07) is 36.2. The van der Waals surface area contributed by atoms with Crippen LogP contribution in [0.1, 0.15) is 15.2 Å². The Kier molecular flexibility index (Phi) is 6.29. The second-order valence-electron chi connectivity index (χ2n) is 11.2. The van der Waals surface area contributed by atoms with Crippen LogP contribution in [-0.2, 0) is 0 Å². The number of nitrogens with zero attached hydrogens (tertiary/aromatic N) is 5. The van der Waals surface area contributed by atoms with Crippen LogP contribution in [0.5, 0.6) is 23.0 Å². The van der Waals surface area contributed by atoms with Gasteiger partial charge in [-0.15, -0.1) is 0 Å². The summed E-state index contributed by atoms with van der Waals surface area (Å²) in [6.07, 6.45) is 6.75. The van der Waals surface area contributed by atoms with Crippen LogP contribution >= 0.6 is 0 Å². The topological polar surface area (TPSA) is 75.0 Å². The van der Waals surface area contributed by atoms with Gasteiger partial charge in [0.05, 0.1) is 22.4 Å². The van der Waals surface area contributed by atoms with E-state index in [0.717, 1.165) is 44.2 Å². The monoisotopic (exact) mass is 614 g/mol. The molecule has 8 aromatic rings. The van der Waals surface area contributed by atoms with Crippen molar-refractivity contribution in [3.05, 3.63) is 151 Å². The van der Waals surface area contributed by atoms with Gasteiger partial charge >= 0.3 is 0 Å². The van der Waals surface area contributed by atoms with Crippen LogP contribution in [0.2, 0.25) is 0 Å². The van der Waals surface area contributed by atoms with E-state index in [-0.39, 0.29) is 5.56 Å². The number of hydrogen-bond donors (Lipinski definition) is 0. The number of hydrogen-bond acceptors (Lipinski definition) is 6. The molecule has 0 N–H and O–H groups in total. The predicted molar refractivity (Wildman–Crippen MR) is 185 cm³/mol. The Morgan fingerprint density at radius 3 is 1.62 bits per heavy atom. The molecule has 8 rings (SSSR count). The van der Waals surface area contributed by atoms with Crippen LogP contribution in [-0.4, -0.2) is 24.5 Å². The van der Waals surface area contributed by atoms with Gasteiger partial charge in [-0.2, -0.15) is 0 Å². The number of pyridine rings is 2. The van der Waals surface area contributed by atoms with Crippen molar-refractivity contribution in [2.24, 2.45) is 0 Å². The highest BCUT2D eigenvalue weighted by molar-refractivity contribution is 6.09. The quantitative estimate of drug-likeness (QED) is 0.178. The van der Waals surface area contributed by atoms with E-state index in [9.17, 15) is 0 Å². The Morgan fingerprint density at radius 1 is 0.511 bits per heavy atom. The molecule has 4 heterocycles. The zero-order chi connectivity index (χ0) is 34.2. The van der Waals surface area contributed by atoms with Crippen LogP contribution in [0, 0.1) is 13.8 Å². The summed E-state index contributed by atoms with van der Waals surface area (Å²) < 4.78 is 38.1. The molecular formula is C40H29N5O2. The lowest BCUT2D eigenvalue weighted by atomic mass is 10.1. The molecule has 0 unspecified atom stereocenters. The van der Waals surface area contributed by atoms with Gasteiger partial charge in [0, 0.05) is 62.9 Å². The van der Waals surface area contributed by atoms with E-state index in [1.807, 2.05) is 109 Å². The number of aryl methyl sites for hydroxylation is 2. The molecule has 0 spiro atoms. The molecular weight excluding hydrogens is 582 g/mol. The standard InChI is InChI=1S/C40H29N5O2/c1-26-14-18-41-36(20-26)28-6-3-8-30(22-28)46-32-10-12-34-35-13-11-33(25-39(35)45(38(34)24-32)40-43-16-5-17-44-40)47-31-9-4-7-29(23-31)37-21-27(2)15-19-42-37/h3-25H,1-2H3/i1D3. The molecule has 0 radical (unpaired) electrons. The van der Waals surface area contributed by atoms with E-state index in [4.69, 9.17) is 13.6 Å². The van der Waals surface area contributed by atoms with Gasteiger partial charge in [0.15, 0.2) is 0 Å². The Morgan fingerprint density at radius 2 is 1.04 bits per heavy atom. The van der Waals surface area contributed by atoms with Crippen molar-refractivity contribution in [1.29, 1.82) is 0 Å². The van der Waals surface area contributed by atoms with Crippen LogP contribution in [0.3, 0.4) is 0 Å². The van der Waals surface area contributed by atoms with Crippen LogP contribution in [0.15, 0.2) is 140 Å². The van der Waals surface area contributed by atoms with E-state index in [0.29, 0.717) is 34.6 Å². The molecule has 0 saturated carbocycles. The van der Waals surface area contributed by atoms with E-state index < -0.39 is 6.85 Å². The third kappa shape index (κ3) is 5.66. The number of fused-ring (bicyclic) bond motifs is 3. The number of benzene rings is 4. The van der Waals surface area contributed by atoms with Crippen molar-refractivity contribution in [2.75, 3.05) is 0 Å². The molecule has 0 aliphatic carbocycles. The molecule has 226 valence electrons. The minimum Gasteiger partial charge on any atom is -0.457 e. The third-order valence-electron chi connectivity index (χ3n) is 7.87. The molecule has 7 nitrogen and oxygen atoms in total. The number of ether oxygens (including phenoxy) is 2. The van der Waals surface area contributed by atoms with Crippen molar-refractivity contribution in [1.82, 2.24) is 24.5 Å². The number of aromatic nitrogens is 5. The lowest BCUT2D eigenvalue weighted by Crippen LogP contribution is -2.00. The average Bonchev–Trinajstić information content (AvgIpc) is 3.44. The summed E-state index contributed by atoms with van der Waals surface area (Å²) in [7, 11) is 0. The van der Waals surface area contributed by atoms with Gasteiger partial charge in [0.1, 0.15) is 23.0 Å². The predicted octanol–water partition coefficient (Wildman–Crippen LogP) is 9.90. The number of rotatable bonds is 7. The highest BCUT2D eigenvalue weighted by Gasteiger charge is 2.17. The molecule has 4 aromatic heterocycles. The second-order valence-corrected chi connectivity index (χ2v) is 11.2. The molecule has 0 aliphatic rings. The largest absolute Gasteiger partial charge is 0.457 e. The van der Waals surface area contributed by atoms with Gasteiger partial charge in [-0.25, -0.2) is 9.97 Å². The molecule has 7 heteroatoms. The molecule has 0 saturated heterocycles. The SMILES string of the molecule is [2H]C([2H])([2H])c1ccnc(-c2cccc(Oc3ccc4c5ccc(Oc6cccc(-c7cc(C)ccn7)c6)cc5n(-c5ncccn5)c4c3)c2)c1. The molecule has 0 bridgehead atoms. The second kappa shape index (κ2) is 11.9. The Balaban J connectivity index is 1.16. The summed E-state index contributed by atoms with van der Waals surface area (Å²) in [5, 5.41) is 2.00. The van der Waals surface area contributed by atoms with Gasteiger partial charge in [-0.1, -0.05) is 24.3 Å². The first kappa shape index (κ1) is 24.9. The van der Waals surface area contributed by atoms with Gasteiger partial charge < -0.3 is 9.47 Å². The normalized spacial score (nSPS) is 12.4. The maximum atomic E-state index is 7.77. The minimum absolute atomic E-state index is 0.233. The first-order chi connectivity index (χ1) is 24.3. The van der Waals surface area contributed by atoms with Gasteiger partial charge in [0.25, 0.3) is 0 Å². The minimum atomic E-state index is -2.22. The van der Waals surface area contributed by atoms with Crippen LogP contribution in [0.4, 0.5) is 0 Å². The fourth-order valence-corrected chi connectivity index (χ4v) is 5.72.